The molecule has 2 saturated heterocycles. The molecule has 0 bridgehead atoms. The molecule has 1 aromatic carbocycles. The van der Waals surface area contributed by atoms with E-state index in [4.69, 9.17) is 11.6 Å². The van der Waals surface area contributed by atoms with Crippen LogP contribution in [0.15, 0.2) is 24.3 Å². The molecule has 3 amide bonds. The summed E-state index contributed by atoms with van der Waals surface area (Å²) in [5.41, 5.74) is 1.05. The number of piperazine rings is 1. The molecule has 0 radical (unpaired) electrons. The van der Waals surface area contributed by atoms with Crippen molar-refractivity contribution >= 4 is 29.3 Å². The maximum absolute atomic E-state index is 12.6. The number of nitrogens with zero attached hydrogens (tertiary/aromatic N) is 3. The number of carbonyl (C=O) groups is 3. The van der Waals surface area contributed by atoms with Gasteiger partial charge < -0.3 is 15.5 Å². The molecule has 174 valence electrons. The highest BCUT2D eigenvalue weighted by molar-refractivity contribution is 6.35. The number of likely N-dealkylation sites (tertiary alicyclic amines) is 1. The van der Waals surface area contributed by atoms with E-state index < -0.39 is 11.8 Å². The minimum atomic E-state index is -0.508. The van der Waals surface area contributed by atoms with Gasteiger partial charge in [-0.3, -0.25) is 24.2 Å². The summed E-state index contributed by atoms with van der Waals surface area (Å²) in [4.78, 5) is 42.9. The zero-order chi connectivity index (χ0) is 22.5. The Morgan fingerprint density at radius 3 is 2.34 bits per heavy atom. The maximum atomic E-state index is 12.6. The fraction of sp³-hybridized carbons (Fsp3) is 0.609. The first-order valence-electron chi connectivity index (χ1n) is 11.6. The van der Waals surface area contributed by atoms with E-state index in [0.717, 1.165) is 49.4 Å². The molecule has 9 heteroatoms. The third-order valence-corrected chi connectivity index (χ3v) is 6.82. The van der Waals surface area contributed by atoms with Crippen molar-refractivity contribution in [3.05, 3.63) is 34.9 Å². The second-order valence-electron chi connectivity index (χ2n) is 8.90. The van der Waals surface area contributed by atoms with Crippen LogP contribution in [0.5, 0.6) is 0 Å². The van der Waals surface area contributed by atoms with Crippen LogP contribution in [0.25, 0.3) is 0 Å². The number of hydrogen-bond donors (Lipinski definition) is 2. The number of benzene rings is 1. The number of amides is 3. The summed E-state index contributed by atoms with van der Waals surface area (Å²) in [5.74, 6) is -1.01. The standard InChI is InChI=1S/C23H32ClN5O3/c24-19-6-2-1-5-18(19)20(28-9-3-4-10-28)15-25-21(30)16-27-11-13-29(14-12-27)23(32)22(31)26-17-7-8-17/h1-2,5-6,17,20H,3-4,7-16H2,(H,25,30)(H,26,31). The molecule has 2 aliphatic heterocycles. The molecule has 0 aromatic heterocycles. The van der Waals surface area contributed by atoms with Crippen LogP contribution in [0.3, 0.4) is 0 Å². The molecular formula is C23H32ClN5O3. The summed E-state index contributed by atoms with van der Waals surface area (Å²) in [6.45, 7) is 4.90. The first-order chi connectivity index (χ1) is 15.5. The summed E-state index contributed by atoms with van der Waals surface area (Å²) < 4.78 is 0. The number of hydrogen-bond acceptors (Lipinski definition) is 5. The van der Waals surface area contributed by atoms with Crippen LogP contribution in [0, 0.1) is 0 Å². The van der Waals surface area contributed by atoms with Gasteiger partial charge in [0, 0.05) is 43.8 Å². The Bertz CT molecular complexity index is 833. The van der Waals surface area contributed by atoms with Crippen molar-refractivity contribution < 1.29 is 14.4 Å². The highest BCUT2D eigenvalue weighted by Gasteiger charge is 2.31. The zero-order valence-electron chi connectivity index (χ0n) is 18.4. The Kier molecular flexibility index (Phi) is 7.65. The van der Waals surface area contributed by atoms with Gasteiger partial charge in [-0.05, 0) is 50.4 Å². The van der Waals surface area contributed by atoms with Crippen molar-refractivity contribution in [2.45, 2.75) is 37.8 Å². The molecule has 1 atom stereocenters. The minimum absolute atomic E-state index is 0.0347. The minimum Gasteiger partial charge on any atom is -0.353 e. The smallest absolute Gasteiger partial charge is 0.311 e. The normalized spacial score (nSPS) is 20.7. The van der Waals surface area contributed by atoms with Gasteiger partial charge in [0.25, 0.3) is 0 Å². The lowest BCUT2D eigenvalue weighted by molar-refractivity contribution is -0.147. The van der Waals surface area contributed by atoms with E-state index in [1.807, 2.05) is 29.2 Å². The Hall–Kier alpha value is -2.16. The molecule has 1 aromatic rings. The van der Waals surface area contributed by atoms with Crippen LogP contribution in [0.1, 0.15) is 37.3 Å². The van der Waals surface area contributed by atoms with Crippen LogP contribution < -0.4 is 10.6 Å². The van der Waals surface area contributed by atoms with Gasteiger partial charge in [-0.2, -0.15) is 0 Å². The van der Waals surface area contributed by atoms with Gasteiger partial charge in [-0.15, -0.1) is 0 Å². The van der Waals surface area contributed by atoms with Crippen molar-refractivity contribution in [3.8, 4) is 0 Å². The molecule has 1 unspecified atom stereocenters. The topological polar surface area (TPSA) is 85.0 Å². The number of carbonyl (C=O) groups excluding carboxylic acids is 3. The van der Waals surface area contributed by atoms with E-state index in [-0.39, 0.29) is 24.5 Å². The molecule has 2 N–H and O–H groups in total. The predicted molar refractivity (Wildman–Crippen MR) is 122 cm³/mol. The van der Waals surface area contributed by atoms with Gasteiger partial charge in [0.1, 0.15) is 0 Å². The second-order valence-corrected chi connectivity index (χ2v) is 9.31. The average molecular weight is 462 g/mol. The van der Waals surface area contributed by atoms with E-state index in [0.29, 0.717) is 32.7 Å². The molecule has 3 aliphatic rings. The average Bonchev–Trinajstić information content (AvgIpc) is 3.44. The van der Waals surface area contributed by atoms with Crippen LogP contribution in [0.2, 0.25) is 5.02 Å². The molecule has 1 saturated carbocycles. The van der Waals surface area contributed by atoms with E-state index >= 15 is 0 Å². The van der Waals surface area contributed by atoms with E-state index in [1.54, 1.807) is 4.90 Å². The van der Waals surface area contributed by atoms with Gasteiger partial charge in [0.2, 0.25) is 5.91 Å². The largest absolute Gasteiger partial charge is 0.353 e. The second kappa shape index (κ2) is 10.6. The summed E-state index contributed by atoms with van der Waals surface area (Å²) in [7, 11) is 0. The lowest BCUT2D eigenvalue weighted by Crippen LogP contribution is -2.54. The molecule has 32 heavy (non-hydrogen) atoms. The van der Waals surface area contributed by atoms with Gasteiger partial charge in [-0.1, -0.05) is 29.8 Å². The van der Waals surface area contributed by atoms with E-state index in [2.05, 4.69) is 15.5 Å². The first kappa shape index (κ1) is 23.0. The maximum Gasteiger partial charge on any atom is 0.311 e. The summed E-state index contributed by atoms with van der Waals surface area (Å²) in [6.07, 6.45) is 4.24. The van der Waals surface area contributed by atoms with Gasteiger partial charge >= 0.3 is 11.8 Å². The SMILES string of the molecule is O=C(CN1CCN(C(=O)C(=O)NC2CC2)CC1)NCC(c1ccccc1Cl)N1CCCC1. The van der Waals surface area contributed by atoms with Crippen molar-refractivity contribution in [1.82, 2.24) is 25.3 Å². The van der Waals surface area contributed by atoms with E-state index in [1.165, 1.54) is 0 Å². The molecule has 3 fully saturated rings. The molecule has 2 heterocycles. The number of halogens is 1. The van der Waals surface area contributed by atoms with Gasteiger partial charge in [-0.25, -0.2) is 0 Å². The Balaban J connectivity index is 1.24. The third-order valence-electron chi connectivity index (χ3n) is 6.47. The Morgan fingerprint density at radius 2 is 1.69 bits per heavy atom. The highest BCUT2D eigenvalue weighted by atomic mass is 35.5. The lowest BCUT2D eigenvalue weighted by Gasteiger charge is -2.34. The van der Waals surface area contributed by atoms with Crippen LogP contribution in [-0.4, -0.2) is 90.8 Å². The molecule has 1 aliphatic carbocycles. The summed E-state index contributed by atoms with van der Waals surface area (Å²) in [6, 6.07) is 8.07. The van der Waals surface area contributed by atoms with Crippen LogP contribution in [-0.2, 0) is 14.4 Å². The van der Waals surface area contributed by atoms with Crippen molar-refractivity contribution in [2.24, 2.45) is 0 Å². The van der Waals surface area contributed by atoms with Gasteiger partial charge in [0.15, 0.2) is 0 Å². The first-order valence-corrected chi connectivity index (χ1v) is 12.0. The fourth-order valence-corrected chi connectivity index (χ4v) is 4.69. The van der Waals surface area contributed by atoms with E-state index in [9.17, 15) is 14.4 Å². The molecular weight excluding hydrogens is 430 g/mol. The third kappa shape index (κ3) is 5.99. The molecule has 0 spiro atoms. The quantitative estimate of drug-likeness (QED) is 0.592. The highest BCUT2D eigenvalue weighted by Crippen LogP contribution is 2.29. The fourth-order valence-electron chi connectivity index (χ4n) is 4.43. The molecule has 8 nitrogen and oxygen atoms in total. The van der Waals surface area contributed by atoms with Crippen LogP contribution >= 0.6 is 11.6 Å². The van der Waals surface area contributed by atoms with Crippen molar-refractivity contribution in [3.63, 3.8) is 0 Å². The summed E-state index contributed by atoms with van der Waals surface area (Å²) >= 11 is 6.45. The van der Waals surface area contributed by atoms with Crippen LogP contribution in [0.4, 0.5) is 0 Å². The predicted octanol–water partition coefficient (Wildman–Crippen LogP) is 1.02. The Labute approximate surface area is 194 Å². The van der Waals surface area contributed by atoms with Crippen molar-refractivity contribution in [2.75, 3.05) is 52.4 Å². The summed E-state index contributed by atoms with van der Waals surface area (Å²) in [5, 5.41) is 6.56. The Morgan fingerprint density at radius 1 is 1.00 bits per heavy atom. The molecule has 4 rings (SSSR count). The monoisotopic (exact) mass is 461 g/mol. The zero-order valence-corrected chi connectivity index (χ0v) is 19.1. The lowest BCUT2D eigenvalue weighted by atomic mass is 10.1. The van der Waals surface area contributed by atoms with Crippen molar-refractivity contribution in [1.29, 1.82) is 0 Å². The number of nitrogens with one attached hydrogen (secondary N) is 2. The van der Waals surface area contributed by atoms with Gasteiger partial charge in [0.05, 0.1) is 12.6 Å². The number of rotatable bonds is 7.